The number of hydrogen-bond donors (Lipinski definition) is 2. The summed E-state index contributed by atoms with van der Waals surface area (Å²) in [4.78, 5) is 24.3. The molecular weight excluding hydrogens is 513 g/mol. The number of carbonyl (C=O) groups excluding carboxylic acids is 1. The number of carboxylic acid groups (broad SMARTS) is 1. The first-order chi connectivity index (χ1) is 18.0. The van der Waals surface area contributed by atoms with Crippen molar-refractivity contribution in [2.24, 2.45) is 0 Å². The number of nitrogens with one attached hydrogen (secondary N) is 1. The molecule has 2 aromatic carbocycles. The third kappa shape index (κ3) is 8.12. The van der Waals surface area contributed by atoms with Gasteiger partial charge in [0.1, 0.15) is 19.8 Å². The molecule has 11 nitrogen and oxygen atoms in total. The number of quaternary nitrogens is 1. The number of amides is 1. The van der Waals surface area contributed by atoms with Gasteiger partial charge in [-0.3, -0.25) is 13.6 Å². The van der Waals surface area contributed by atoms with Gasteiger partial charge >= 0.3 is 19.9 Å². The molecule has 0 aliphatic heterocycles. The van der Waals surface area contributed by atoms with Crippen molar-refractivity contribution >= 4 is 19.9 Å². The van der Waals surface area contributed by atoms with Crippen LogP contribution in [0.25, 0.3) is 11.1 Å². The van der Waals surface area contributed by atoms with E-state index >= 15 is 0 Å². The van der Waals surface area contributed by atoms with Crippen LogP contribution in [0, 0.1) is 11.3 Å². The Morgan fingerprint density at radius 1 is 1.03 bits per heavy atom. The molecule has 38 heavy (non-hydrogen) atoms. The van der Waals surface area contributed by atoms with Gasteiger partial charge in [-0.1, -0.05) is 48.5 Å². The van der Waals surface area contributed by atoms with Crippen molar-refractivity contribution in [3.8, 4) is 17.2 Å². The third-order valence-corrected chi connectivity index (χ3v) is 7.27. The highest BCUT2D eigenvalue weighted by Crippen LogP contribution is 2.49. The minimum absolute atomic E-state index is 0.00299. The molecule has 2 N–H and O–H groups in total. The Bertz CT molecular complexity index is 1180. The highest BCUT2D eigenvalue weighted by Gasteiger charge is 2.33. The molecule has 1 unspecified atom stereocenters. The fourth-order valence-corrected chi connectivity index (χ4v) is 5.04. The van der Waals surface area contributed by atoms with E-state index in [1.165, 1.54) is 0 Å². The number of aliphatic carboxylic acids is 1. The van der Waals surface area contributed by atoms with E-state index in [1.807, 2.05) is 75.7 Å². The monoisotopic (exact) mass is 546 g/mol. The number of phosphoric acid groups is 1. The number of carboxylic acids is 1. The minimum atomic E-state index is -4.19. The summed E-state index contributed by atoms with van der Waals surface area (Å²) in [6.45, 7) is -0.458. The molecule has 1 aliphatic rings. The summed E-state index contributed by atoms with van der Waals surface area (Å²) in [5.41, 5.74) is 4.15. The van der Waals surface area contributed by atoms with Crippen molar-refractivity contribution in [2.45, 2.75) is 18.4 Å². The first-order valence-electron chi connectivity index (χ1n) is 12.1. The molecule has 0 saturated heterocycles. The molecule has 0 spiro atoms. The molecule has 0 heterocycles. The molecule has 0 aromatic heterocycles. The Balaban J connectivity index is 1.59. The van der Waals surface area contributed by atoms with Gasteiger partial charge in [0.2, 0.25) is 0 Å². The standard InChI is InChI=1S/C26H32N3O8P/c1-29(2,3)14-16-36-38(33,35-15-8-13-27)37-18-24(25(30)31)28-26(32)34-17-23-21-11-6-4-9-19(21)20-10-5-7-12-22(20)23/h4-7,9-12,23-24H,8,14-18H2,1-3H3,(H-,28,30,31,32)/p+1/t24-,38?/m0/s1. The van der Waals surface area contributed by atoms with Gasteiger partial charge in [0.25, 0.3) is 0 Å². The Kier molecular flexibility index (Phi) is 10.0. The molecule has 0 fully saturated rings. The summed E-state index contributed by atoms with van der Waals surface area (Å²) < 4.78 is 34.6. The van der Waals surface area contributed by atoms with Crippen LogP contribution in [0.4, 0.5) is 4.79 Å². The van der Waals surface area contributed by atoms with Crippen molar-refractivity contribution in [1.82, 2.24) is 5.32 Å². The fourth-order valence-electron chi connectivity index (χ4n) is 3.86. The van der Waals surface area contributed by atoms with Gasteiger partial charge in [0, 0.05) is 5.92 Å². The maximum Gasteiger partial charge on any atom is 0.475 e. The Hall–Kier alpha value is -3.26. The zero-order chi connectivity index (χ0) is 27.8. The minimum Gasteiger partial charge on any atom is -0.480 e. The molecule has 0 bridgehead atoms. The number of carbonyl (C=O) groups is 2. The molecule has 1 amide bonds. The van der Waals surface area contributed by atoms with Crippen LogP contribution in [-0.2, 0) is 27.7 Å². The van der Waals surface area contributed by atoms with Crippen LogP contribution in [0.1, 0.15) is 23.5 Å². The van der Waals surface area contributed by atoms with Crippen LogP contribution >= 0.6 is 7.82 Å². The molecule has 0 radical (unpaired) electrons. The summed E-state index contributed by atoms with van der Waals surface area (Å²) in [6, 6.07) is 15.9. The normalized spacial score (nSPS) is 15.0. The number of benzene rings is 2. The van der Waals surface area contributed by atoms with Crippen LogP contribution in [0.15, 0.2) is 48.5 Å². The summed E-state index contributed by atoms with van der Waals surface area (Å²) in [7, 11) is 1.53. The number of phosphoric ester groups is 1. The molecule has 204 valence electrons. The number of alkyl carbamates (subject to hydrolysis) is 1. The summed E-state index contributed by atoms with van der Waals surface area (Å²) >= 11 is 0. The lowest BCUT2D eigenvalue weighted by molar-refractivity contribution is -0.870. The van der Waals surface area contributed by atoms with Gasteiger partial charge in [-0.15, -0.1) is 0 Å². The molecule has 2 atom stereocenters. The topological polar surface area (TPSA) is 144 Å². The van der Waals surface area contributed by atoms with Crippen molar-refractivity contribution in [3.05, 3.63) is 59.7 Å². The van der Waals surface area contributed by atoms with E-state index in [2.05, 4.69) is 5.32 Å². The zero-order valence-electron chi connectivity index (χ0n) is 21.7. The van der Waals surface area contributed by atoms with E-state index in [1.54, 1.807) is 0 Å². The molecule has 3 rings (SSSR count). The van der Waals surface area contributed by atoms with Gasteiger partial charge in [0.15, 0.2) is 6.04 Å². The van der Waals surface area contributed by atoms with Gasteiger partial charge in [-0.05, 0) is 22.3 Å². The maximum atomic E-state index is 13.0. The molecule has 2 aromatic rings. The number of ether oxygens (including phenoxy) is 1. The zero-order valence-corrected chi connectivity index (χ0v) is 22.6. The Morgan fingerprint density at radius 3 is 2.16 bits per heavy atom. The number of likely N-dealkylation sites (N-methyl/N-ethyl adjacent to an activating group) is 1. The lowest BCUT2D eigenvalue weighted by Gasteiger charge is -2.25. The summed E-state index contributed by atoms with van der Waals surface area (Å²) in [5, 5.41) is 20.6. The first kappa shape index (κ1) is 29.3. The summed E-state index contributed by atoms with van der Waals surface area (Å²) in [5.74, 6) is -1.62. The van der Waals surface area contributed by atoms with Crippen LogP contribution in [0.5, 0.6) is 0 Å². The van der Waals surface area contributed by atoms with Gasteiger partial charge < -0.3 is 19.6 Å². The van der Waals surface area contributed by atoms with E-state index in [0.717, 1.165) is 22.3 Å². The number of nitrogens with zero attached hydrogens (tertiary/aromatic N) is 2. The van der Waals surface area contributed by atoms with Crippen molar-refractivity contribution < 1.29 is 42.1 Å². The van der Waals surface area contributed by atoms with E-state index in [4.69, 9.17) is 23.6 Å². The van der Waals surface area contributed by atoms with Crippen molar-refractivity contribution in [2.75, 3.05) is 54.1 Å². The predicted molar refractivity (Wildman–Crippen MR) is 138 cm³/mol. The van der Waals surface area contributed by atoms with Crippen molar-refractivity contribution in [1.29, 1.82) is 5.26 Å². The van der Waals surface area contributed by atoms with Crippen molar-refractivity contribution in [3.63, 3.8) is 0 Å². The smallest absolute Gasteiger partial charge is 0.475 e. The van der Waals surface area contributed by atoms with E-state index in [9.17, 15) is 19.3 Å². The molecular formula is C26H33N3O8P+. The second-order valence-electron chi connectivity index (χ2n) is 9.69. The Labute approximate surface area is 222 Å². The van der Waals surface area contributed by atoms with E-state index < -0.39 is 32.5 Å². The van der Waals surface area contributed by atoms with Crippen LogP contribution in [0.3, 0.4) is 0 Å². The summed E-state index contributed by atoms with van der Waals surface area (Å²) in [6.07, 6.45) is -1.03. The molecule has 0 saturated carbocycles. The highest BCUT2D eigenvalue weighted by atomic mass is 31.2. The second-order valence-corrected chi connectivity index (χ2v) is 11.4. The number of fused-ring (bicyclic) bond motifs is 3. The lowest BCUT2D eigenvalue weighted by Crippen LogP contribution is -2.44. The van der Waals surface area contributed by atoms with Crippen LogP contribution < -0.4 is 5.32 Å². The SMILES string of the molecule is C[N+](C)(C)CCOP(=O)(OCCC#N)OC[C@H](NC(=O)OCC1c2ccccc2-c2ccccc21)C(=O)O. The lowest BCUT2D eigenvalue weighted by atomic mass is 9.98. The second kappa shape index (κ2) is 13.0. The molecule has 12 heteroatoms. The van der Waals surface area contributed by atoms with Crippen LogP contribution in [-0.4, -0.2) is 81.8 Å². The highest BCUT2D eigenvalue weighted by molar-refractivity contribution is 7.48. The predicted octanol–water partition coefficient (Wildman–Crippen LogP) is 3.76. The van der Waals surface area contributed by atoms with Gasteiger partial charge in [-0.2, -0.15) is 5.26 Å². The number of hydrogen-bond acceptors (Lipinski definition) is 8. The van der Waals surface area contributed by atoms with E-state index in [0.29, 0.717) is 11.0 Å². The van der Waals surface area contributed by atoms with E-state index in [-0.39, 0.29) is 32.2 Å². The van der Waals surface area contributed by atoms with Crippen LogP contribution in [0.2, 0.25) is 0 Å². The largest absolute Gasteiger partial charge is 0.480 e. The molecule has 1 aliphatic carbocycles. The average Bonchev–Trinajstić information content (AvgIpc) is 3.18. The maximum absolute atomic E-state index is 13.0. The average molecular weight is 547 g/mol. The first-order valence-corrected chi connectivity index (χ1v) is 13.5. The number of rotatable bonds is 14. The Morgan fingerprint density at radius 2 is 1.61 bits per heavy atom. The van der Waals surface area contributed by atoms with Gasteiger partial charge in [0.05, 0.1) is 46.8 Å². The quantitative estimate of drug-likeness (QED) is 0.206. The van der Waals surface area contributed by atoms with Gasteiger partial charge in [-0.25, -0.2) is 14.2 Å². The number of nitriles is 1. The third-order valence-electron chi connectivity index (χ3n) is 5.81. The fraction of sp³-hybridized carbons (Fsp3) is 0.423.